The molecule has 0 spiro atoms. The lowest BCUT2D eigenvalue weighted by Crippen LogP contribution is -2.39. The van der Waals surface area contributed by atoms with E-state index < -0.39 is 5.82 Å². The van der Waals surface area contributed by atoms with E-state index in [0.717, 1.165) is 41.9 Å². The van der Waals surface area contributed by atoms with Crippen LogP contribution in [0.25, 0.3) is 33.4 Å². The number of aromatic nitrogens is 1. The third-order valence-electron chi connectivity index (χ3n) is 8.15. The number of carbonyl (C=O) groups excluding carboxylic acids is 2. The van der Waals surface area contributed by atoms with Gasteiger partial charge in [0.1, 0.15) is 23.0 Å². The first-order valence-corrected chi connectivity index (χ1v) is 14.9. The van der Waals surface area contributed by atoms with Crippen LogP contribution in [-0.4, -0.2) is 53.4 Å². The lowest BCUT2D eigenvalue weighted by molar-refractivity contribution is 0.0708. The van der Waals surface area contributed by atoms with Crippen molar-refractivity contribution in [2.45, 2.75) is 18.8 Å². The van der Waals surface area contributed by atoms with Gasteiger partial charge in [-0.2, -0.15) is 0 Å². The van der Waals surface area contributed by atoms with Crippen molar-refractivity contribution in [3.05, 3.63) is 101 Å². The maximum absolute atomic E-state index is 13.8. The van der Waals surface area contributed by atoms with Crippen LogP contribution in [0.2, 0.25) is 0 Å². The second kappa shape index (κ2) is 12.2. The number of furan rings is 1. The van der Waals surface area contributed by atoms with Crippen molar-refractivity contribution in [2.75, 3.05) is 31.5 Å². The number of halogens is 2. The molecule has 226 valence electrons. The van der Waals surface area contributed by atoms with Gasteiger partial charge >= 0.3 is 12.2 Å². The van der Waals surface area contributed by atoms with Gasteiger partial charge < -0.3 is 24.2 Å². The van der Waals surface area contributed by atoms with Crippen LogP contribution in [0.4, 0.5) is 14.5 Å². The van der Waals surface area contributed by atoms with Gasteiger partial charge in [0, 0.05) is 68.1 Å². The summed E-state index contributed by atoms with van der Waals surface area (Å²) in [5, 5.41) is 3.29. The first-order chi connectivity index (χ1) is 21.3. The maximum Gasteiger partial charge on any atom is 0.318 e. The number of H-pyrrole nitrogens is 1. The highest BCUT2D eigenvalue weighted by Crippen LogP contribution is 2.42. The van der Waals surface area contributed by atoms with Crippen LogP contribution in [0.15, 0.2) is 77.5 Å². The summed E-state index contributed by atoms with van der Waals surface area (Å²) in [6.45, 7) is 1.01. The van der Waals surface area contributed by atoms with E-state index in [9.17, 15) is 18.4 Å². The number of anilines is 1. The zero-order valence-corrected chi connectivity index (χ0v) is 24.9. The predicted octanol–water partition coefficient (Wildman–Crippen LogP) is 6.48. The van der Waals surface area contributed by atoms with E-state index in [2.05, 4.69) is 10.3 Å². The molecule has 8 nitrogen and oxygen atoms in total. The van der Waals surface area contributed by atoms with Crippen molar-refractivity contribution in [3.63, 3.8) is 0 Å². The highest BCUT2D eigenvalue weighted by atomic mass is 32.2. The van der Waals surface area contributed by atoms with Crippen molar-refractivity contribution in [1.29, 1.82) is 0 Å². The van der Waals surface area contributed by atoms with Gasteiger partial charge in [-0.25, -0.2) is 8.78 Å². The largest absolute Gasteiger partial charge is 0.455 e. The third kappa shape index (κ3) is 5.44. The quantitative estimate of drug-likeness (QED) is 0.124. The van der Waals surface area contributed by atoms with Crippen LogP contribution >= 0.6 is 12.2 Å². The number of hydrogen-bond donors (Lipinski definition) is 2. The summed E-state index contributed by atoms with van der Waals surface area (Å²) in [7, 11) is 3.33. The van der Waals surface area contributed by atoms with Gasteiger partial charge in [0.15, 0.2) is 0 Å². The molecule has 6 rings (SSSR count). The standard InChI is InChI=1S/C33H30F2N4O4S/c1-36-32(40)30-25-14-24(28(38(2)44-42)15-29(25)43-31(30)20-7-11-23(35)12-8-20)21-4-3-13-39(18-21)33(41)27-17-37-16-26(27)19-5-9-22(34)10-6-19/h5-12,14-17,21,37,42H,3-4,13,18H2,1-2H3,(H,36,40)/p+1/t21-/m1/s1. The Hall–Kier alpha value is -4.61. The molecular weight excluding hydrogens is 586 g/mol. The Morgan fingerprint density at radius 1 is 1.05 bits per heavy atom. The molecule has 1 fully saturated rings. The number of rotatable bonds is 7. The number of fused-ring (bicyclic) bond motifs is 1. The first kappa shape index (κ1) is 29.5. The van der Waals surface area contributed by atoms with Crippen LogP contribution in [0, 0.1) is 11.6 Å². The smallest absolute Gasteiger partial charge is 0.318 e. The third-order valence-corrected chi connectivity index (χ3v) is 8.62. The zero-order chi connectivity index (χ0) is 31.0. The van der Waals surface area contributed by atoms with E-state index in [1.165, 1.54) is 24.3 Å². The van der Waals surface area contributed by atoms with Gasteiger partial charge in [-0.1, -0.05) is 12.1 Å². The molecule has 1 saturated heterocycles. The summed E-state index contributed by atoms with van der Waals surface area (Å²) >= 11 is 0.799. The summed E-state index contributed by atoms with van der Waals surface area (Å²) < 4.78 is 43.2. The predicted molar refractivity (Wildman–Crippen MR) is 169 cm³/mol. The number of amides is 2. The van der Waals surface area contributed by atoms with Gasteiger partial charge in [-0.15, -0.1) is 0 Å². The van der Waals surface area contributed by atoms with Crippen LogP contribution in [0.1, 0.15) is 45.0 Å². The average molecular weight is 618 g/mol. The topological polar surface area (TPSA) is 104 Å². The molecule has 1 aliphatic rings. The Balaban J connectivity index is 1.40. The second-order valence-electron chi connectivity index (χ2n) is 10.8. The Bertz CT molecular complexity index is 1840. The summed E-state index contributed by atoms with van der Waals surface area (Å²) in [6, 6.07) is 15.6. The molecule has 2 aromatic heterocycles. The van der Waals surface area contributed by atoms with Gasteiger partial charge in [0.05, 0.1) is 16.8 Å². The van der Waals surface area contributed by atoms with Gasteiger partial charge in [-0.05, 0) is 66.4 Å². The summed E-state index contributed by atoms with van der Waals surface area (Å²) in [5.41, 5.74) is 4.94. The van der Waals surface area contributed by atoms with Crippen LogP contribution < -0.4 is 9.62 Å². The Morgan fingerprint density at radius 2 is 1.73 bits per heavy atom. The number of likely N-dealkylation sites (tertiary alicyclic amines) is 1. The van der Waals surface area contributed by atoms with Crippen molar-refractivity contribution < 1.29 is 27.3 Å². The molecule has 11 heteroatoms. The summed E-state index contributed by atoms with van der Waals surface area (Å²) in [5.74, 6) is -0.978. The molecule has 0 radical (unpaired) electrons. The van der Waals surface area contributed by atoms with Crippen molar-refractivity contribution >= 4 is 40.7 Å². The summed E-state index contributed by atoms with van der Waals surface area (Å²) in [4.78, 5) is 31.9. The minimum atomic E-state index is -0.397. The average Bonchev–Trinajstić information content (AvgIpc) is 3.69. The fourth-order valence-corrected chi connectivity index (χ4v) is 6.20. The summed E-state index contributed by atoms with van der Waals surface area (Å²) in [6.07, 6.45) is 4.97. The molecule has 1 atom stereocenters. The fourth-order valence-electron chi connectivity index (χ4n) is 5.95. The molecule has 2 amide bonds. The maximum atomic E-state index is 13.8. The number of benzene rings is 3. The van der Waals surface area contributed by atoms with Gasteiger partial charge in [-0.3, -0.25) is 13.9 Å². The number of nitrogens with zero attached hydrogens (tertiary/aromatic N) is 2. The molecule has 44 heavy (non-hydrogen) atoms. The van der Waals surface area contributed by atoms with Crippen LogP contribution in [0.5, 0.6) is 0 Å². The molecular formula is C33H31F2N4O4S+. The Kier molecular flexibility index (Phi) is 8.15. The normalized spacial score (nSPS) is 15.0. The van der Waals surface area contributed by atoms with Crippen molar-refractivity contribution in [2.24, 2.45) is 0 Å². The lowest BCUT2D eigenvalue weighted by Gasteiger charge is -2.34. The van der Waals surface area contributed by atoms with Gasteiger partial charge in [0.2, 0.25) is 0 Å². The highest BCUT2D eigenvalue weighted by molar-refractivity contribution is 7.95. The van der Waals surface area contributed by atoms with Crippen LogP contribution in [0.3, 0.4) is 0 Å². The number of aromatic amines is 1. The zero-order valence-electron chi connectivity index (χ0n) is 24.1. The number of nitrogens with one attached hydrogen (secondary N) is 2. The SMILES string of the molecule is CNC(=O)c1c(-c2ccc(F)cc2)oc2cc(N(C)S[OH2+])c([C@@H]3CCCN(C(=O)c4c[nH]cc4-c4ccc(F)cc4)C3)cc12. The fraction of sp³-hybridized carbons (Fsp3) is 0.212. The Morgan fingerprint density at radius 3 is 2.39 bits per heavy atom. The molecule has 0 saturated carbocycles. The molecule has 0 aliphatic carbocycles. The van der Waals surface area contributed by atoms with E-state index in [1.54, 1.807) is 55.1 Å². The van der Waals surface area contributed by atoms with E-state index in [-0.39, 0.29) is 23.5 Å². The van der Waals surface area contributed by atoms with Crippen molar-refractivity contribution in [3.8, 4) is 22.5 Å². The number of carbonyl (C=O) groups is 2. The van der Waals surface area contributed by atoms with E-state index in [1.807, 2.05) is 17.0 Å². The number of piperidine rings is 1. The molecule has 1 aliphatic heterocycles. The van der Waals surface area contributed by atoms with E-state index >= 15 is 0 Å². The monoisotopic (exact) mass is 617 g/mol. The second-order valence-corrected chi connectivity index (χ2v) is 11.5. The molecule has 4 N–H and O–H groups in total. The minimum absolute atomic E-state index is 0.0865. The van der Waals surface area contributed by atoms with E-state index in [0.29, 0.717) is 52.1 Å². The van der Waals surface area contributed by atoms with Crippen molar-refractivity contribution in [1.82, 2.24) is 15.2 Å². The van der Waals surface area contributed by atoms with E-state index in [4.69, 9.17) is 8.97 Å². The van der Waals surface area contributed by atoms with Crippen LogP contribution in [-0.2, 0) is 0 Å². The molecule has 3 aromatic carbocycles. The molecule has 0 unspecified atom stereocenters. The first-order valence-electron chi connectivity index (χ1n) is 14.2. The molecule has 0 bridgehead atoms. The highest BCUT2D eigenvalue weighted by Gasteiger charge is 2.31. The molecule has 3 heterocycles. The number of hydrogen-bond acceptors (Lipinski definition) is 5. The van der Waals surface area contributed by atoms with Gasteiger partial charge in [0.25, 0.3) is 11.8 Å². The molecule has 5 aromatic rings. The lowest BCUT2D eigenvalue weighted by atomic mass is 9.87. The minimum Gasteiger partial charge on any atom is -0.455 e. The Labute approximate surface area is 257 Å².